The van der Waals surface area contributed by atoms with Crippen LogP contribution in [0.25, 0.3) is 6.08 Å². The number of carboxylic acid groups (broad SMARTS) is 1. The summed E-state index contributed by atoms with van der Waals surface area (Å²) >= 11 is 6.49. The second kappa shape index (κ2) is 14.4. The number of aliphatic carboxylic acids is 1. The molecule has 8 heteroatoms. The molecule has 0 aromatic heterocycles. The van der Waals surface area contributed by atoms with Crippen LogP contribution in [0, 0.1) is 5.92 Å². The molecule has 1 saturated heterocycles. The lowest BCUT2D eigenvalue weighted by Crippen LogP contribution is -2.44. The molecule has 188 valence electrons. The fourth-order valence-electron chi connectivity index (χ4n) is 3.73. The molecule has 1 N–H and O–H groups in total. The Kier molecular flexibility index (Phi) is 11.9. The molecule has 1 aliphatic heterocycles. The number of thiocarbonyl (C=S) groups is 1. The SMILES string of the molecule is CCCCCCCCOc1ccc(/C=C2/SC(=S)N([C@H](CC(C)C)C(=O)O)C2=O)cc1OCC. The number of unbranched alkanes of at least 4 members (excludes halogenated alkanes) is 5. The first-order chi connectivity index (χ1) is 16.3. The lowest BCUT2D eigenvalue weighted by Gasteiger charge is -2.24. The van der Waals surface area contributed by atoms with E-state index in [1.807, 2.05) is 39.0 Å². The van der Waals surface area contributed by atoms with Crippen molar-refractivity contribution in [2.75, 3.05) is 13.2 Å². The zero-order chi connectivity index (χ0) is 25.1. The monoisotopic (exact) mass is 507 g/mol. The number of hydrogen-bond donors (Lipinski definition) is 1. The van der Waals surface area contributed by atoms with Gasteiger partial charge in [0, 0.05) is 0 Å². The fourth-order valence-corrected chi connectivity index (χ4v) is 5.09. The zero-order valence-electron chi connectivity index (χ0n) is 20.7. The maximum Gasteiger partial charge on any atom is 0.326 e. The molecule has 1 aliphatic rings. The molecule has 0 aliphatic carbocycles. The molecule has 0 radical (unpaired) electrons. The summed E-state index contributed by atoms with van der Waals surface area (Å²) in [5, 5.41) is 9.65. The van der Waals surface area contributed by atoms with Crippen molar-refractivity contribution in [2.24, 2.45) is 5.92 Å². The van der Waals surface area contributed by atoms with E-state index in [1.54, 1.807) is 6.08 Å². The number of thioether (sulfide) groups is 1. The predicted octanol–water partition coefficient (Wildman–Crippen LogP) is 6.53. The van der Waals surface area contributed by atoms with Gasteiger partial charge in [0.15, 0.2) is 11.5 Å². The van der Waals surface area contributed by atoms with E-state index in [0.717, 1.165) is 30.2 Å². The number of benzene rings is 1. The zero-order valence-corrected chi connectivity index (χ0v) is 22.3. The minimum absolute atomic E-state index is 0.118. The Hall–Kier alpha value is -2.06. The molecular weight excluding hydrogens is 470 g/mol. The first-order valence-corrected chi connectivity index (χ1v) is 13.4. The van der Waals surface area contributed by atoms with Gasteiger partial charge in [0.05, 0.1) is 18.1 Å². The molecule has 34 heavy (non-hydrogen) atoms. The van der Waals surface area contributed by atoms with E-state index in [0.29, 0.717) is 36.0 Å². The molecule has 0 saturated carbocycles. The van der Waals surface area contributed by atoms with Crippen LogP contribution in [-0.2, 0) is 9.59 Å². The molecule has 2 rings (SSSR count). The van der Waals surface area contributed by atoms with Gasteiger partial charge in [-0.2, -0.15) is 0 Å². The topological polar surface area (TPSA) is 76.1 Å². The van der Waals surface area contributed by atoms with Gasteiger partial charge >= 0.3 is 5.97 Å². The van der Waals surface area contributed by atoms with Crippen molar-refractivity contribution in [2.45, 2.75) is 78.7 Å². The number of ether oxygens (including phenoxy) is 2. The third kappa shape index (κ3) is 8.31. The lowest BCUT2D eigenvalue weighted by molar-refractivity contribution is -0.145. The van der Waals surface area contributed by atoms with Crippen molar-refractivity contribution >= 4 is 46.3 Å². The van der Waals surface area contributed by atoms with Crippen LogP contribution in [0.1, 0.15) is 78.2 Å². The quantitative estimate of drug-likeness (QED) is 0.164. The second-order valence-corrected chi connectivity index (χ2v) is 10.5. The summed E-state index contributed by atoms with van der Waals surface area (Å²) in [5.74, 6) is 0.0115. The molecule has 0 bridgehead atoms. The van der Waals surface area contributed by atoms with Gasteiger partial charge in [-0.25, -0.2) is 4.79 Å². The third-order valence-corrected chi connectivity index (χ3v) is 6.77. The molecule has 1 atom stereocenters. The maximum atomic E-state index is 13.0. The van der Waals surface area contributed by atoms with Crippen LogP contribution in [0.5, 0.6) is 11.5 Å². The Balaban J connectivity index is 2.11. The smallest absolute Gasteiger partial charge is 0.326 e. The van der Waals surface area contributed by atoms with Crippen LogP contribution in [-0.4, -0.2) is 45.5 Å². The summed E-state index contributed by atoms with van der Waals surface area (Å²) in [6.45, 7) is 9.11. The first-order valence-electron chi connectivity index (χ1n) is 12.2. The van der Waals surface area contributed by atoms with Crippen LogP contribution in [0.15, 0.2) is 23.1 Å². The average molecular weight is 508 g/mol. The Bertz CT molecular complexity index is 884. The standard InChI is InChI=1S/C26H37NO5S2/c1-5-7-8-9-10-11-14-32-21-13-12-19(16-22(21)31-6-2)17-23-24(28)27(26(33)34-23)20(25(29)30)15-18(3)4/h12-13,16-18,20H,5-11,14-15H2,1-4H3,(H,29,30)/b23-17+/t20-/m1/s1. The Labute approximate surface area is 213 Å². The van der Waals surface area contributed by atoms with Crippen molar-refractivity contribution in [3.63, 3.8) is 0 Å². The highest BCUT2D eigenvalue weighted by molar-refractivity contribution is 8.26. The number of hydrogen-bond acceptors (Lipinski definition) is 6. The van der Waals surface area contributed by atoms with Gasteiger partial charge in [-0.3, -0.25) is 9.69 Å². The number of carbonyl (C=O) groups excluding carboxylic acids is 1. The molecule has 1 aromatic rings. The van der Waals surface area contributed by atoms with Crippen LogP contribution >= 0.6 is 24.0 Å². The van der Waals surface area contributed by atoms with E-state index in [-0.39, 0.29) is 16.1 Å². The minimum Gasteiger partial charge on any atom is -0.490 e. The molecule has 1 amide bonds. The molecule has 1 heterocycles. The number of nitrogens with zero attached hydrogens (tertiary/aromatic N) is 1. The highest BCUT2D eigenvalue weighted by Gasteiger charge is 2.40. The molecule has 0 spiro atoms. The Morgan fingerprint density at radius 2 is 1.82 bits per heavy atom. The molecule has 1 fully saturated rings. The van der Waals surface area contributed by atoms with Gasteiger partial charge in [0.1, 0.15) is 10.4 Å². The Morgan fingerprint density at radius 1 is 1.12 bits per heavy atom. The molecule has 6 nitrogen and oxygen atoms in total. The van der Waals surface area contributed by atoms with Crippen molar-refractivity contribution < 1.29 is 24.2 Å². The fraction of sp³-hybridized carbons (Fsp3) is 0.577. The second-order valence-electron chi connectivity index (χ2n) is 8.79. The molecule has 0 unspecified atom stereocenters. The summed E-state index contributed by atoms with van der Waals surface area (Å²) in [4.78, 5) is 26.5. The van der Waals surface area contributed by atoms with Gasteiger partial charge in [-0.1, -0.05) is 82.9 Å². The van der Waals surface area contributed by atoms with E-state index in [1.165, 1.54) is 30.6 Å². The van der Waals surface area contributed by atoms with E-state index < -0.39 is 12.0 Å². The Morgan fingerprint density at radius 3 is 2.47 bits per heavy atom. The van der Waals surface area contributed by atoms with Crippen LogP contribution < -0.4 is 9.47 Å². The summed E-state index contributed by atoms with van der Waals surface area (Å²) in [6.07, 6.45) is 9.24. The number of carbonyl (C=O) groups is 2. The molecule has 1 aromatic carbocycles. The van der Waals surface area contributed by atoms with Crippen molar-refractivity contribution in [1.29, 1.82) is 0 Å². The van der Waals surface area contributed by atoms with E-state index >= 15 is 0 Å². The van der Waals surface area contributed by atoms with E-state index in [9.17, 15) is 14.7 Å². The number of amides is 1. The third-order valence-electron chi connectivity index (χ3n) is 5.44. The van der Waals surface area contributed by atoms with Gasteiger partial charge in [0.25, 0.3) is 5.91 Å². The molecular formula is C26H37NO5S2. The number of rotatable bonds is 15. The number of carboxylic acids is 1. The summed E-state index contributed by atoms with van der Waals surface area (Å²) in [5.41, 5.74) is 0.770. The van der Waals surface area contributed by atoms with Crippen molar-refractivity contribution in [3.8, 4) is 11.5 Å². The largest absolute Gasteiger partial charge is 0.490 e. The first kappa shape index (κ1) is 28.2. The van der Waals surface area contributed by atoms with E-state index in [4.69, 9.17) is 21.7 Å². The highest BCUT2D eigenvalue weighted by atomic mass is 32.2. The summed E-state index contributed by atoms with van der Waals surface area (Å²) < 4.78 is 12.0. The normalized spacial score (nSPS) is 15.9. The van der Waals surface area contributed by atoms with Crippen LogP contribution in [0.3, 0.4) is 0 Å². The van der Waals surface area contributed by atoms with Crippen LogP contribution in [0.4, 0.5) is 0 Å². The van der Waals surface area contributed by atoms with Gasteiger partial charge in [0.2, 0.25) is 0 Å². The van der Waals surface area contributed by atoms with E-state index in [2.05, 4.69) is 6.92 Å². The van der Waals surface area contributed by atoms with Gasteiger partial charge in [-0.15, -0.1) is 0 Å². The summed E-state index contributed by atoms with van der Waals surface area (Å²) in [6, 6.07) is 4.60. The summed E-state index contributed by atoms with van der Waals surface area (Å²) in [7, 11) is 0. The van der Waals surface area contributed by atoms with Crippen molar-refractivity contribution in [3.05, 3.63) is 28.7 Å². The van der Waals surface area contributed by atoms with Crippen molar-refractivity contribution in [1.82, 2.24) is 4.90 Å². The lowest BCUT2D eigenvalue weighted by atomic mass is 10.0. The van der Waals surface area contributed by atoms with Crippen LogP contribution in [0.2, 0.25) is 0 Å². The van der Waals surface area contributed by atoms with Gasteiger partial charge in [-0.05, 0) is 49.5 Å². The minimum atomic E-state index is -1.04. The predicted molar refractivity (Wildman–Crippen MR) is 142 cm³/mol. The highest BCUT2D eigenvalue weighted by Crippen LogP contribution is 2.37. The van der Waals surface area contributed by atoms with Gasteiger partial charge < -0.3 is 14.6 Å². The average Bonchev–Trinajstić information content (AvgIpc) is 3.05. The maximum absolute atomic E-state index is 13.0.